The van der Waals surface area contributed by atoms with Gasteiger partial charge < -0.3 is 14.8 Å². The largest absolute Gasteiger partial charge is 0.467 e. The maximum atomic E-state index is 12.1. The predicted octanol–water partition coefficient (Wildman–Crippen LogP) is 3.42. The average Bonchev–Trinajstić information content (AvgIpc) is 2.59. The van der Waals surface area contributed by atoms with Crippen molar-refractivity contribution in [3.8, 4) is 5.75 Å². The molecule has 128 valence electrons. The molecule has 0 saturated carbocycles. The molecule has 7 heteroatoms. The van der Waals surface area contributed by atoms with E-state index >= 15 is 0 Å². The Morgan fingerprint density at radius 3 is 2.92 bits per heavy atom. The molecular formula is C18H16N2O5. The topological polar surface area (TPSA) is 90.7 Å². The number of hydrogen-bond acceptors (Lipinski definition) is 5. The number of fused-ring (bicyclic) bond motifs is 1. The predicted molar refractivity (Wildman–Crippen MR) is 92.2 cm³/mol. The highest BCUT2D eigenvalue weighted by atomic mass is 16.7. The second-order valence-electron chi connectivity index (χ2n) is 5.58. The van der Waals surface area contributed by atoms with Gasteiger partial charge in [0.2, 0.25) is 5.91 Å². The fourth-order valence-corrected chi connectivity index (χ4v) is 2.53. The number of anilines is 1. The van der Waals surface area contributed by atoms with Crippen LogP contribution < -0.4 is 10.1 Å². The lowest BCUT2D eigenvalue weighted by molar-refractivity contribution is -0.385. The molecule has 2 aromatic rings. The number of hydrogen-bond donors (Lipinski definition) is 1. The van der Waals surface area contributed by atoms with Crippen LogP contribution in [-0.2, 0) is 16.1 Å². The number of aryl methyl sites for hydroxylation is 1. The van der Waals surface area contributed by atoms with Crippen LogP contribution >= 0.6 is 0 Å². The number of carbonyl (C=O) groups excluding carboxylic acids is 1. The molecule has 1 amide bonds. The molecule has 0 saturated heterocycles. The van der Waals surface area contributed by atoms with Gasteiger partial charge in [-0.3, -0.25) is 14.9 Å². The molecule has 25 heavy (non-hydrogen) atoms. The summed E-state index contributed by atoms with van der Waals surface area (Å²) in [5.74, 6) is 0.161. The van der Waals surface area contributed by atoms with E-state index in [-0.39, 0.29) is 25.0 Å². The standard InChI is InChI=1S/C18H16N2O5/c1-12-3-2-4-15(7-12)19-17(21)6-5-13-8-16(20(22)23)9-14-10-24-11-25-18(13)14/h2-9H,10-11H2,1H3,(H,19,21)/b6-5+. The summed E-state index contributed by atoms with van der Waals surface area (Å²) in [6, 6.07) is 10.2. The van der Waals surface area contributed by atoms with Gasteiger partial charge in [-0.05, 0) is 30.7 Å². The molecule has 0 unspecified atom stereocenters. The summed E-state index contributed by atoms with van der Waals surface area (Å²) >= 11 is 0. The fourth-order valence-electron chi connectivity index (χ4n) is 2.53. The van der Waals surface area contributed by atoms with E-state index in [0.29, 0.717) is 22.6 Å². The highest BCUT2D eigenvalue weighted by molar-refractivity contribution is 6.02. The molecule has 0 bridgehead atoms. The molecule has 0 fully saturated rings. The molecule has 0 radical (unpaired) electrons. The Kier molecular flexibility index (Phi) is 4.76. The minimum atomic E-state index is -0.487. The minimum Gasteiger partial charge on any atom is -0.467 e. The summed E-state index contributed by atoms with van der Waals surface area (Å²) in [6.45, 7) is 2.23. The van der Waals surface area contributed by atoms with E-state index < -0.39 is 4.92 Å². The van der Waals surface area contributed by atoms with Gasteiger partial charge in [0.15, 0.2) is 6.79 Å². The first-order valence-corrected chi connectivity index (χ1v) is 7.60. The van der Waals surface area contributed by atoms with Crippen molar-refractivity contribution in [2.75, 3.05) is 12.1 Å². The van der Waals surface area contributed by atoms with Crippen molar-refractivity contribution >= 4 is 23.4 Å². The second kappa shape index (κ2) is 7.14. The van der Waals surface area contributed by atoms with Crippen LogP contribution in [0.4, 0.5) is 11.4 Å². The molecule has 1 aliphatic rings. The zero-order valence-corrected chi connectivity index (χ0v) is 13.5. The lowest BCUT2D eigenvalue weighted by atomic mass is 10.1. The number of carbonyl (C=O) groups is 1. The SMILES string of the molecule is Cc1cccc(NC(=O)/C=C/c2cc([N+](=O)[O-])cc3c2OCOC3)c1. The Morgan fingerprint density at radius 2 is 2.16 bits per heavy atom. The van der Waals surface area contributed by atoms with Gasteiger partial charge >= 0.3 is 0 Å². The van der Waals surface area contributed by atoms with Crippen molar-refractivity contribution < 1.29 is 19.2 Å². The number of nitrogens with zero attached hydrogens (tertiary/aromatic N) is 1. The third-order valence-electron chi connectivity index (χ3n) is 3.63. The van der Waals surface area contributed by atoms with Crippen molar-refractivity contribution in [2.45, 2.75) is 13.5 Å². The summed E-state index contributed by atoms with van der Waals surface area (Å²) in [5.41, 5.74) is 2.68. The lowest BCUT2D eigenvalue weighted by Crippen LogP contribution is -2.13. The molecule has 0 aromatic heterocycles. The van der Waals surface area contributed by atoms with Gasteiger partial charge in [-0.2, -0.15) is 0 Å². The Labute approximate surface area is 144 Å². The van der Waals surface area contributed by atoms with Crippen LogP contribution in [-0.4, -0.2) is 17.6 Å². The quantitative estimate of drug-likeness (QED) is 0.523. The van der Waals surface area contributed by atoms with Crippen LogP contribution in [0.15, 0.2) is 42.5 Å². The van der Waals surface area contributed by atoms with Crippen LogP contribution in [0.25, 0.3) is 6.08 Å². The number of non-ortho nitro benzene ring substituents is 1. The Bertz CT molecular complexity index is 861. The van der Waals surface area contributed by atoms with Crippen LogP contribution in [0.2, 0.25) is 0 Å². The molecule has 2 aromatic carbocycles. The number of nitro groups is 1. The van der Waals surface area contributed by atoms with Gasteiger partial charge in [-0.15, -0.1) is 0 Å². The molecule has 0 spiro atoms. The Balaban J connectivity index is 1.83. The van der Waals surface area contributed by atoms with E-state index in [9.17, 15) is 14.9 Å². The Hall–Kier alpha value is -3.19. The zero-order valence-electron chi connectivity index (χ0n) is 13.5. The molecule has 7 nitrogen and oxygen atoms in total. The molecule has 3 rings (SSSR count). The molecule has 0 atom stereocenters. The normalized spacial score (nSPS) is 13.2. The third kappa shape index (κ3) is 4.02. The van der Waals surface area contributed by atoms with Crippen molar-refractivity contribution in [2.24, 2.45) is 0 Å². The molecular weight excluding hydrogens is 324 g/mol. The van der Waals surface area contributed by atoms with Crippen LogP contribution in [0, 0.1) is 17.0 Å². The smallest absolute Gasteiger partial charge is 0.270 e. The average molecular weight is 340 g/mol. The van der Waals surface area contributed by atoms with Gasteiger partial charge in [0.1, 0.15) is 5.75 Å². The van der Waals surface area contributed by atoms with E-state index in [4.69, 9.17) is 9.47 Å². The minimum absolute atomic E-state index is 0.0706. The maximum Gasteiger partial charge on any atom is 0.270 e. The van der Waals surface area contributed by atoms with E-state index in [1.807, 2.05) is 25.1 Å². The van der Waals surface area contributed by atoms with Crippen LogP contribution in [0.3, 0.4) is 0 Å². The summed E-state index contributed by atoms with van der Waals surface area (Å²) in [6.07, 6.45) is 2.82. The van der Waals surface area contributed by atoms with Gasteiger partial charge in [-0.25, -0.2) is 0 Å². The zero-order chi connectivity index (χ0) is 17.8. The first-order valence-electron chi connectivity index (χ1n) is 7.60. The van der Waals surface area contributed by atoms with Crippen LogP contribution in [0.1, 0.15) is 16.7 Å². The van der Waals surface area contributed by atoms with E-state index in [1.165, 1.54) is 24.3 Å². The monoisotopic (exact) mass is 340 g/mol. The third-order valence-corrected chi connectivity index (χ3v) is 3.63. The number of ether oxygens (including phenoxy) is 2. The van der Waals surface area contributed by atoms with Crippen molar-refractivity contribution in [1.82, 2.24) is 0 Å². The van der Waals surface area contributed by atoms with Gasteiger partial charge in [0, 0.05) is 35.0 Å². The van der Waals surface area contributed by atoms with E-state index in [0.717, 1.165) is 5.56 Å². The van der Waals surface area contributed by atoms with Gasteiger partial charge in [0.05, 0.1) is 11.5 Å². The molecule has 1 aliphatic heterocycles. The van der Waals surface area contributed by atoms with Crippen molar-refractivity contribution in [3.05, 3.63) is 69.3 Å². The molecule has 0 aliphatic carbocycles. The summed E-state index contributed by atoms with van der Waals surface area (Å²) in [5, 5.41) is 13.8. The number of amides is 1. The second-order valence-corrected chi connectivity index (χ2v) is 5.58. The molecule has 1 N–H and O–H groups in total. The maximum absolute atomic E-state index is 12.1. The van der Waals surface area contributed by atoms with Crippen molar-refractivity contribution in [1.29, 1.82) is 0 Å². The molecule has 1 heterocycles. The van der Waals surface area contributed by atoms with E-state index in [1.54, 1.807) is 6.07 Å². The highest BCUT2D eigenvalue weighted by Gasteiger charge is 2.19. The van der Waals surface area contributed by atoms with E-state index in [2.05, 4.69) is 5.32 Å². The fraction of sp³-hybridized carbons (Fsp3) is 0.167. The Morgan fingerprint density at radius 1 is 1.32 bits per heavy atom. The van der Waals surface area contributed by atoms with Gasteiger partial charge in [0.25, 0.3) is 5.69 Å². The summed E-state index contributed by atoms with van der Waals surface area (Å²) in [4.78, 5) is 22.7. The first-order chi connectivity index (χ1) is 12.0. The lowest BCUT2D eigenvalue weighted by Gasteiger charge is -2.19. The number of rotatable bonds is 4. The first kappa shape index (κ1) is 16.7. The van der Waals surface area contributed by atoms with Crippen LogP contribution in [0.5, 0.6) is 5.75 Å². The summed E-state index contributed by atoms with van der Waals surface area (Å²) in [7, 11) is 0. The highest BCUT2D eigenvalue weighted by Crippen LogP contribution is 2.33. The number of benzene rings is 2. The van der Waals surface area contributed by atoms with Gasteiger partial charge in [-0.1, -0.05) is 12.1 Å². The van der Waals surface area contributed by atoms with Crippen molar-refractivity contribution in [3.63, 3.8) is 0 Å². The number of nitro benzene ring substituents is 1. The number of nitrogens with one attached hydrogen (secondary N) is 1. The summed E-state index contributed by atoms with van der Waals surface area (Å²) < 4.78 is 10.6.